The van der Waals surface area contributed by atoms with Crippen molar-refractivity contribution in [2.75, 3.05) is 13.7 Å². The fourth-order valence-corrected chi connectivity index (χ4v) is 2.68. The maximum atomic E-state index is 12.7. The van der Waals surface area contributed by atoms with E-state index in [1.807, 2.05) is 24.3 Å². The number of carbonyl (C=O) groups is 3. The molecule has 146 valence electrons. The number of aliphatic carboxylic acids is 1. The van der Waals surface area contributed by atoms with Crippen LogP contribution >= 0.6 is 0 Å². The summed E-state index contributed by atoms with van der Waals surface area (Å²) in [7, 11) is 1.35. The highest BCUT2D eigenvalue weighted by Gasteiger charge is 2.28. The van der Waals surface area contributed by atoms with Gasteiger partial charge in [0.15, 0.2) is 6.04 Å². The van der Waals surface area contributed by atoms with Gasteiger partial charge in [-0.05, 0) is 11.6 Å². The van der Waals surface area contributed by atoms with Crippen LogP contribution in [-0.4, -0.2) is 53.7 Å². The first-order valence-electron chi connectivity index (χ1n) is 8.71. The van der Waals surface area contributed by atoms with Gasteiger partial charge in [0.05, 0.1) is 6.61 Å². The number of H-pyrrole nitrogens is 1. The number of aromatic amines is 1. The second-order valence-electron chi connectivity index (χ2n) is 6.63. The summed E-state index contributed by atoms with van der Waals surface area (Å²) >= 11 is 0. The number of carboxylic acid groups (broad SMARTS) is 1. The Morgan fingerprint density at radius 3 is 2.41 bits per heavy atom. The van der Waals surface area contributed by atoms with Crippen LogP contribution in [0.2, 0.25) is 0 Å². The van der Waals surface area contributed by atoms with Crippen LogP contribution in [-0.2, 0) is 25.5 Å². The van der Waals surface area contributed by atoms with Gasteiger partial charge in [-0.15, -0.1) is 0 Å². The van der Waals surface area contributed by atoms with Crippen molar-refractivity contribution in [1.82, 2.24) is 15.6 Å². The fourth-order valence-electron chi connectivity index (χ4n) is 2.68. The molecule has 8 nitrogen and oxygen atoms in total. The van der Waals surface area contributed by atoms with Gasteiger partial charge in [-0.2, -0.15) is 0 Å². The third kappa shape index (κ3) is 5.30. The van der Waals surface area contributed by atoms with E-state index in [0.29, 0.717) is 0 Å². The minimum Gasteiger partial charge on any atom is -0.480 e. The molecule has 8 heteroatoms. The molecular weight excluding hydrogens is 350 g/mol. The molecule has 2 atom stereocenters. The molecule has 1 aromatic carbocycles. The molecule has 2 unspecified atom stereocenters. The maximum absolute atomic E-state index is 12.7. The van der Waals surface area contributed by atoms with Crippen LogP contribution in [0.15, 0.2) is 30.5 Å². The predicted octanol–water partition coefficient (Wildman–Crippen LogP) is 1.07. The molecule has 0 aliphatic carbocycles. The molecule has 0 radical (unpaired) electrons. The number of benzene rings is 1. The van der Waals surface area contributed by atoms with Crippen molar-refractivity contribution < 1.29 is 24.2 Å². The van der Waals surface area contributed by atoms with Crippen LogP contribution in [0, 0.1) is 5.92 Å². The highest BCUT2D eigenvalue weighted by Crippen LogP contribution is 2.19. The van der Waals surface area contributed by atoms with E-state index in [2.05, 4.69) is 15.6 Å². The van der Waals surface area contributed by atoms with Crippen molar-refractivity contribution in [2.24, 2.45) is 5.92 Å². The normalized spacial score (nSPS) is 13.3. The van der Waals surface area contributed by atoms with Crippen molar-refractivity contribution in [1.29, 1.82) is 0 Å². The van der Waals surface area contributed by atoms with Crippen LogP contribution in [0.5, 0.6) is 0 Å². The molecule has 0 bridgehead atoms. The zero-order valence-electron chi connectivity index (χ0n) is 15.6. The van der Waals surface area contributed by atoms with E-state index in [9.17, 15) is 19.5 Å². The number of methoxy groups -OCH3 is 1. The summed E-state index contributed by atoms with van der Waals surface area (Å²) in [6.45, 7) is 3.28. The Hall–Kier alpha value is -2.87. The van der Waals surface area contributed by atoms with E-state index >= 15 is 0 Å². The zero-order chi connectivity index (χ0) is 20.0. The van der Waals surface area contributed by atoms with Gasteiger partial charge in [-0.3, -0.25) is 9.59 Å². The summed E-state index contributed by atoms with van der Waals surface area (Å²) in [6.07, 6.45) is 2.02. The number of amides is 2. The first-order chi connectivity index (χ1) is 12.8. The highest BCUT2D eigenvalue weighted by molar-refractivity contribution is 5.92. The summed E-state index contributed by atoms with van der Waals surface area (Å²) in [5.74, 6) is -2.36. The number of nitrogens with one attached hydrogen (secondary N) is 3. The van der Waals surface area contributed by atoms with Crippen LogP contribution in [0.3, 0.4) is 0 Å². The molecular formula is C19H25N3O5. The number of hydrogen-bond acceptors (Lipinski definition) is 4. The molecule has 1 heterocycles. The molecule has 27 heavy (non-hydrogen) atoms. The standard InChI is InChI=1S/C19H25N3O5/c1-11(2)17(23)21-15(18(24)22-16(10-27-3)19(25)26)8-12-9-20-14-7-5-4-6-13(12)14/h4-7,9,11,15-16,20H,8,10H2,1-3H3,(H,21,23)(H,22,24)(H,25,26). The Morgan fingerprint density at radius 1 is 1.11 bits per heavy atom. The summed E-state index contributed by atoms with van der Waals surface area (Å²) in [5, 5.41) is 15.3. The lowest BCUT2D eigenvalue weighted by atomic mass is 10.0. The summed E-state index contributed by atoms with van der Waals surface area (Å²) < 4.78 is 4.84. The molecule has 0 saturated carbocycles. The highest BCUT2D eigenvalue weighted by atomic mass is 16.5. The van der Waals surface area contributed by atoms with Crippen molar-refractivity contribution in [2.45, 2.75) is 32.4 Å². The number of fused-ring (bicyclic) bond motifs is 1. The molecule has 0 saturated heterocycles. The smallest absolute Gasteiger partial charge is 0.328 e. The van der Waals surface area contributed by atoms with E-state index in [0.717, 1.165) is 16.5 Å². The molecule has 4 N–H and O–H groups in total. The van der Waals surface area contributed by atoms with Gasteiger partial charge in [0.1, 0.15) is 6.04 Å². The lowest BCUT2D eigenvalue weighted by molar-refractivity contribution is -0.143. The SMILES string of the molecule is COCC(NC(=O)C(Cc1c[nH]c2ccccc12)NC(=O)C(C)C)C(=O)O. The van der Waals surface area contributed by atoms with E-state index in [1.165, 1.54) is 7.11 Å². The van der Waals surface area contributed by atoms with Gasteiger partial charge in [0, 0.05) is 36.5 Å². The van der Waals surface area contributed by atoms with E-state index < -0.39 is 24.0 Å². The molecule has 2 aromatic rings. The average molecular weight is 375 g/mol. The van der Waals surface area contributed by atoms with E-state index in [4.69, 9.17) is 4.74 Å². The lowest BCUT2D eigenvalue weighted by Crippen LogP contribution is -2.54. The second-order valence-corrected chi connectivity index (χ2v) is 6.63. The van der Waals surface area contributed by atoms with Gasteiger partial charge >= 0.3 is 5.97 Å². The van der Waals surface area contributed by atoms with E-state index in [1.54, 1.807) is 20.0 Å². The monoisotopic (exact) mass is 375 g/mol. The first-order valence-corrected chi connectivity index (χ1v) is 8.71. The second kappa shape index (κ2) is 9.18. The number of aromatic nitrogens is 1. The van der Waals surface area contributed by atoms with Crippen LogP contribution in [0.1, 0.15) is 19.4 Å². The predicted molar refractivity (Wildman–Crippen MR) is 100 cm³/mol. The Labute approximate surface area is 157 Å². The van der Waals surface area contributed by atoms with Crippen molar-refractivity contribution in [3.63, 3.8) is 0 Å². The molecule has 1 aromatic heterocycles. The Bertz CT molecular complexity index is 815. The average Bonchev–Trinajstić information content (AvgIpc) is 3.03. The van der Waals surface area contributed by atoms with Crippen molar-refractivity contribution in [3.8, 4) is 0 Å². The van der Waals surface area contributed by atoms with Crippen molar-refractivity contribution in [3.05, 3.63) is 36.0 Å². The Balaban J connectivity index is 2.23. The number of hydrogen-bond donors (Lipinski definition) is 4. The van der Waals surface area contributed by atoms with Crippen LogP contribution in [0.4, 0.5) is 0 Å². The summed E-state index contributed by atoms with van der Waals surface area (Å²) in [4.78, 5) is 39.3. The molecule has 2 amide bonds. The minimum absolute atomic E-state index is 0.168. The van der Waals surface area contributed by atoms with Crippen LogP contribution < -0.4 is 10.6 Å². The molecule has 0 fully saturated rings. The topological polar surface area (TPSA) is 121 Å². The van der Waals surface area contributed by atoms with Gasteiger partial charge in [-0.25, -0.2) is 4.79 Å². The first kappa shape index (κ1) is 20.4. The fraction of sp³-hybridized carbons (Fsp3) is 0.421. The maximum Gasteiger partial charge on any atom is 0.328 e. The quantitative estimate of drug-likeness (QED) is 0.522. The van der Waals surface area contributed by atoms with E-state index in [-0.39, 0.29) is 24.9 Å². The molecule has 0 aliphatic rings. The molecule has 2 rings (SSSR count). The Morgan fingerprint density at radius 2 is 1.78 bits per heavy atom. The number of carboxylic acids is 1. The van der Waals surface area contributed by atoms with Gasteiger partial charge in [0.2, 0.25) is 11.8 Å². The van der Waals surface area contributed by atoms with Crippen molar-refractivity contribution >= 4 is 28.7 Å². The third-order valence-corrected chi connectivity index (χ3v) is 4.20. The summed E-state index contributed by atoms with van der Waals surface area (Å²) in [5.41, 5.74) is 1.78. The number of carbonyl (C=O) groups excluding carboxylic acids is 2. The van der Waals surface area contributed by atoms with Gasteiger partial charge in [-0.1, -0.05) is 32.0 Å². The molecule has 0 aliphatic heterocycles. The lowest BCUT2D eigenvalue weighted by Gasteiger charge is -2.22. The number of rotatable bonds is 9. The number of para-hydroxylation sites is 1. The van der Waals surface area contributed by atoms with Crippen LogP contribution in [0.25, 0.3) is 10.9 Å². The largest absolute Gasteiger partial charge is 0.480 e. The van der Waals surface area contributed by atoms with Gasteiger partial charge < -0.3 is 25.5 Å². The third-order valence-electron chi connectivity index (χ3n) is 4.20. The molecule has 0 spiro atoms. The zero-order valence-corrected chi connectivity index (χ0v) is 15.6. The van der Waals surface area contributed by atoms with Gasteiger partial charge in [0.25, 0.3) is 0 Å². The number of ether oxygens (including phenoxy) is 1. The Kier molecular flexibility index (Phi) is 6.95. The summed E-state index contributed by atoms with van der Waals surface area (Å²) in [6, 6.07) is 5.53. The minimum atomic E-state index is -1.20.